The average Bonchev–Trinajstić information content (AvgIpc) is 2.55. The van der Waals surface area contributed by atoms with Crippen molar-refractivity contribution in [1.82, 2.24) is 0 Å². The molecule has 0 nitrogen and oxygen atoms in total. The third kappa shape index (κ3) is 2.01. The minimum Gasteiger partial charge on any atom is -0.122 e. The number of hydrogen-bond donors (Lipinski definition) is 0. The SMILES string of the molecule is Cc1c(CCl)c(C(C)C)cc2c1CCC2(C)C. The van der Waals surface area contributed by atoms with E-state index in [-0.39, 0.29) is 0 Å². The van der Waals surface area contributed by atoms with Gasteiger partial charge in [-0.1, -0.05) is 33.8 Å². The molecule has 1 heteroatoms. The first kappa shape index (κ1) is 13.0. The molecule has 0 unspecified atom stereocenters. The lowest BCUT2D eigenvalue weighted by Gasteiger charge is -2.23. The summed E-state index contributed by atoms with van der Waals surface area (Å²) in [5.41, 5.74) is 7.74. The second-order valence-corrected chi connectivity index (χ2v) is 6.53. The zero-order chi connectivity index (χ0) is 12.8. The summed E-state index contributed by atoms with van der Waals surface area (Å²) in [5.74, 6) is 1.21. The number of halogens is 1. The predicted octanol–water partition coefficient (Wildman–Crippen LogP) is 5.08. The first-order chi connectivity index (χ1) is 7.88. The standard InChI is InChI=1S/C16H23Cl/c1-10(2)13-8-15-12(6-7-16(15,4)5)11(3)14(13)9-17/h8,10H,6-7,9H2,1-5H3. The number of fused-ring (bicyclic) bond motifs is 1. The quantitative estimate of drug-likeness (QED) is 0.642. The highest BCUT2D eigenvalue weighted by atomic mass is 35.5. The largest absolute Gasteiger partial charge is 0.122 e. The van der Waals surface area contributed by atoms with Crippen molar-refractivity contribution in [2.24, 2.45) is 0 Å². The summed E-state index contributed by atoms with van der Waals surface area (Å²) in [7, 11) is 0. The normalized spacial score (nSPS) is 17.6. The third-order valence-corrected chi connectivity index (χ3v) is 4.63. The zero-order valence-electron chi connectivity index (χ0n) is 11.7. The number of benzene rings is 1. The Bertz CT molecular complexity index is 438. The fourth-order valence-corrected chi connectivity index (χ4v) is 3.48. The van der Waals surface area contributed by atoms with Gasteiger partial charge in [0.15, 0.2) is 0 Å². The topological polar surface area (TPSA) is 0 Å². The molecule has 0 heterocycles. The van der Waals surface area contributed by atoms with Gasteiger partial charge < -0.3 is 0 Å². The van der Waals surface area contributed by atoms with E-state index in [9.17, 15) is 0 Å². The van der Waals surface area contributed by atoms with Gasteiger partial charge in [-0.3, -0.25) is 0 Å². The van der Waals surface area contributed by atoms with E-state index in [1.165, 1.54) is 29.5 Å². The van der Waals surface area contributed by atoms with E-state index >= 15 is 0 Å². The first-order valence-electron chi connectivity index (χ1n) is 6.60. The maximum atomic E-state index is 6.15. The Morgan fingerprint density at radius 2 is 2.00 bits per heavy atom. The lowest BCUT2D eigenvalue weighted by molar-refractivity contribution is 0.521. The highest BCUT2D eigenvalue weighted by Gasteiger charge is 2.32. The van der Waals surface area contributed by atoms with Crippen LogP contribution in [0.3, 0.4) is 0 Å². The van der Waals surface area contributed by atoms with Gasteiger partial charge in [-0.25, -0.2) is 0 Å². The fourth-order valence-electron chi connectivity index (χ4n) is 3.12. The van der Waals surface area contributed by atoms with Crippen molar-refractivity contribution in [2.75, 3.05) is 0 Å². The summed E-state index contributed by atoms with van der Waals surface area (Å²) in [6.07, 6.45) is 2.49. The molecule has 0 saturated carbocycles. The van der Waals surface area contributed by atoms with Crippen LogP contribution in [0.5, 0.6) is 0 Å². The molecule has 17 heavy (non-hydrogen) atoms. The highest BCUT2D eigenvalue weighted by molar-refractivity contribution is 6.17. The lowest BCUT2D eigenvalue weighted by atomic mass is 9.82. The number of alkyl halides is 1. The van der Waals surface area contributed by atoms with E-state index < -0.39 is 0 Å². The van der Waals surface area contributed by atoms with E-state index in [0.29, 0.717) is 17.2 Å². The zero-order valence-corrected chi connectivity index (χ0v) is 12.4. The molecule has 2 rings (SSSR count). The van der Waals surface area contributed by atoms with Crippen LogP contribution in [0.25, 0.3) is 0 Å². The smallest absolute Gasteiger partial charge is 0.0479 e. The monoisotopic (exact) mass is 250 g/mol. The molecule has 0 aliphatic heterocycles. The van der Waals surface area contributed by atoms with Crippen molar-refractivity contribution in [1.29, 1.82) is 0 Å². The molecule has 0 aromatic heterocycles. The van der Waals surface area contributed by atoms with E-state index in [1.807, 2.05) is 0 Å². The fraction of sp³-hybridized carbons (Fsp3) is 0.625. The summed E-state index contributed by atoms with van der Waals surface area (Å²) >= 11 is 6.15. The van der Waals surface area contributed by atoms with E-state index in [4.69, 9.17) is 11.6 Å². The maximum absolute atomic E-state index is 6.15. The second kappa shape index (κ2) is 4.31. The second-order valence-electron chi connectivity index (χ2n) is 6.27. The molecule has 0 saturated heterocycles. The Kier molecular flexibility index (Phi) is 3.29. The molecule has 94 valence electrons. The van der Waals surface area contributed by atoms with Crippen molar-refractivity contribution >= 4 is 11.6 Å². The average molecular weight is 251 g/mol. The molecular formula is C16H23Cl. The molecule has 0 bridgehead atoms. The minimum absolute atomic E-state index is 0.342. The molecule has 1 aromatic carbocycles. The first-order valence-corrected chi connectivity index (χ1v) is 7.13. The van der Waals surface area contributed by atoms with E-state index in [1.54, 1.807) is 11.1 Å². The Morgan fingerprint density at radius 3 is 2.53 bits per heavy atom. The van der Waals surface area contributed by atoms with Crippen LogP contribution in [0, 0.1) is 6.92 Å². The van der Waals surface area contributed by atoms with Crippen LogP contribution < -0.4 is 0 Å². The van der Waals surface area contributed by atoms with Crippen LogP contribution >= 0.6 is 11.6 Å². The van der Waals surface area contributed by atoms with Gasteiger partial charge in [0.05, 0.1) is 0 Å². The molecule has 1 aliphatic rings. The van der Waals surface area contributed by atoms with Crippen LogP contribution in [0.1, 0.15) is 67.9 Å². The van der Waals surface area contributed by atoms with Crippen LogP contribution in [-0.4, -0.2) is 0 Å². The lowest BCUT2D eigenvalue weighted by Crippen LogP contribution is -2.13. The van der Waals surface area contributed by atoms with Gasteiger partial charge in [0.25, 0.3) is 0 Å². The molecule has 0 N–H and O–H groups in total. The molecule has 1 aliphatic carbocycles. The van der Waals surface area contributed by atoms with Crippen LogP contribution in [0.15, 0.2) is 6.07 Å². The van der Waals surface area contributed by atoms with Gasteiger partial charge in [0.1, 0.15) is 0 Å². The van der Waals surface area contributed by atoms with Crippen molar-refractivity contribution in [3.8, 4) is 0 Å². The van der Waals surface area contributed by atoms with Crippen LogP contribution in [-0.2, 0) is 17.7 Å². The number of hydrogen-bond acceptors (Lipinski definition) is 0. The van der Waals surface area contributed by atoms with Crippen LogP contribution in [0.4, 0.5) is 0 Å². The molecule has 0 fully saturated rings. The predicted molar refractivity (Wildman–Crippen MR) is 76.2 cm³/mol. The summed E-state index contributed by atoms with van der Waals surface area (Å²) in [6.45, 7) is 11.5. The van der Waals surface area contributed by atoms with E-state index in [2.05, 4.69) is 40.7 Å². The highest BCUT2D eigenvalue weighted by Crippen LogP contribution is 2.43. The third-order valence-electron chi connectivity index (χ3n) is 4.36. The summed E-state index contributed by atoms with van der Waals surface area (Å²) in [6, 6.07) is 2.43. The van der Waals surface area contributed by atoms with Crippen molar-refractivity contribution in [2.45, 2.75) is 64.7 Å². The van der Waals surface area contributed by atoms with Gasteiger partial charge in [-0.2, -0.15) is 0 Å². The van der Waals surface area contributed by atoms with Crippen molar-refractivity contribution in [3.05, 3.63) is 33.9 Å². The Morgan fingerprint density at radius 1 is 1.35 bits per heavy atom. The van der Waals surface area contributed by atoms with E-state index in [0.717, 1.165) is 0 Å². The Labute approximate surface area is 110 Å². The molecule has 0 atom stereocenters. The van der Waals surface area contributed by atoms with Gasteiger partial charge in [0.2, 0.25) is 0 Å². The summed E-state index contributed by atoms with van der Waals surface area (Å²) in [5, 5.41) is 0. The maximum Gasteiger partial charge on any atom is 0.0479 e. The van der Waals surface area contributed by atoms with Crippen LogP contribution in [0.2, 0.25) is 0 Å². The van der Waals surface area contributed by atoms with Gasteiger partial charge >= 0.3 is 0 Å². The van der Waals surface area contributed by atoms with Crippen molar-refractivity contribution in [3.63, 3.8) is 0 Å². The summed E-state index contributed by atoms with van der Waals surface area (Å²) in [4.78, 5) is 0. The molecule has 1 aromatic rings. The number of rotatable bonds is 2. The van der Waals surface area contributed by atoms with Gasteiger partial charge in [-0.05, 0) is 58.9 Å². The molecule has 0 radical (unpaired) electrons. The molecule has 0 spiro atoms. The van der Waals surface area contributed by atoms with Gasteiger partial charge in [-0.15, -0.1) is 11.6 Å². The summed E-state index contributed by atoms with van der Waals surface area (Å²) < 4.78 is 0. The Hall–Kier alpha value is -0.490. The Balaban J connectivity index is 2.69. The van der Waals surface area contributed by atoms with Gasteiger partial charge in [0, 0.05) is 5.88 Å². The molecule has 0 amide bonds. The van der Waals surface area contributed by atoms with Crippen molar-refractivity contribution < 1.29 is 0 Å². The molecular weight excluding hydrogens is 228 g/mol. The minimum atomic E-state index is 0.342.